The number of halogens is 5. The minimum absolute atomic E-state index is 0.0292. The Morgan fingerprint density at radius 3 is 2.33 bits per heavy atom. The van der Waals surface area contributed by atoms with E-state index in [1.165, 1.54) is 12.3 Å². The number of benzene rings is 1. The molecule has 4 fully saturated rings. The molecular weight excluding hydrogens is 562 g/mol. The van der Waals surface area contributed by atoms with E-state index in [1.807, 2.05) is 6.07 Å². The standard InChI is InChI=1S/C30H26Cl2F3N3O2/c31-22-14-36-15-23(32)24(22)26-19(27(40-38-26)17-4-5-17)16-39-29-10-7-28(8-11-29,9-12-29)20-6-13-37-25-18(20)2-1-3-21(25)30(33,34)35/h1-3,6,13-15,17H,4-5,7-12,16H2. The highest BCUT2D eigenvalue weighted by Gasteiger charge is 2.51. The quantitative estimate of drug-likeness (QED) is 0.225. The Balaban J connectivity index is 1.15. The van der Waals surface area contributed by atoms with Crippen molar-refractivity contribution in [1.82, 2.24) is 15.1 Å². The first kappa shape index (κ1) is 26.2. The van der Waals surface area contributed by atoms with Crippen LogP contribution < -0.4 is 0 Å². The van der Waals surface area contributed by atoms with Crippen LogP contribution in [0.2, 0.25) is 10.0 Å². The van der Waals surface area contributed by atoms with Crippen molar-refractivity contribution in [3.8, 4) is 11.3 Å². The Morgan fingerprint density at radius 2 is 1.68 bits per heavy atom. The van der Waals surface area contributed by atoms with E-state index in [4.69, 9.17) is 32.5 Å². The van der Waals surface area contributed by atoms with E-state index in [1.54, 1.807) is 18.5 Å². The van der Waals surface area contributed by atoms with Crippen molar-refractivity contribution in [1.29, 1.82) is 0 Å². The molecule has 0 amide bonds. The highest BCUT2D eigenvalue weighted by atomic mass is 35.5. The van der Waals surface area contributed by atoms with Crippen LogP contribution in [-0.2, 0) is 22.9 Å². The van der Waals surface area contributed by atoms with Gasteiger partial charge in [-0.05, 0) is 74.5 Å². The summed E-state index contributed by atoms with van der Waals surface area (Å²) in [4.78, 5) is 8.20. The van der Waals surface area contributed by atoms with Gasteiger partial charge in [0.2, 0.25) is 0 Å². The summed E-state index contributed by atoms with van der Waals surface area (Å²) in [6.45, 7) is 0.333. The summed E-state index contributed by atoms with van der Waals surface area (Å²) in [6.07, 6.45) is 7.26. The van der Waals surface area contributed by atoms with Gasteiger partial charge < -0.3 is 9.26 Å². The zero-order chi connectivity index (χ0) is 27.7. The zero-order valence-corrected chi connectivity index (χ0v) is 23.0. The fourth-order valence-electron chi connectivity index (χ4n) is 6.83. The van der Waals surface area contributed by atoms with Crippen LogP contribution in [0.5, 0.6) is 0 Å². The number of aromatic nitrogens is 3. The fraction of sp³-hybridized carbons (Fsp3) is 0.433. The molecule has 40 heavy (non-hydrogen) atoms. The summed E-state index contributed by atoms with van der Waals surface area (Å²) in [5, 5.41) is 5.76. The predicted octanol–water partition coefficient (Wildman–Crippen LogP) is 9.05. The van der Waals surface area contributed by atoms with Crippen molar-refractivity contribution in [2.45, 2.75) is 81.1 Å². The van der Waals surface area contributed by atoms with Gasteiger partial charge in [0.1, 0.15) is 11.5 Å². The molecular formula is C30H26Cl2F3N3O2. The average molecular weight is 588 g/mol. The second-order valence-electron chi connectivity index (χ2n) is 11.4. The summed E-state index contributed by atoms with van der Waals surface area (Å²) < 4.78 is 53.6. The fourth-order valence-corrected chi connectivity index (χ4v) is 7.37. The van der Waals surface area contributed by atoms with E-state index in [9.17, 15) is 13.2 Å². The molecule has 4 saturated carbocycles. The molecule has 0 spiro atoms. The van der Waals surface area contributed by atoms with Crippen molar-refractivity contribution in [2.24, 2.45) is 0 Å². The number of rotatable bonds is 6. The molecule has 0 saturated heterocycles. The van der Waals surface area contributed by atoms with Crippen LogP contribution in [0, 0.1) is 0 Å². The lowest BCUT2D eigenvalue weighted by Crippen LogP contribution is -2.49. The summed E-state index contributed by atoms with van der Waals surface area (Å²) in [7, 11) is 0. The monoisotopic (exact) mass is 587 g/mol. The van der Waals surface area contributed by atoms with Gasteiger partial charge in [-0.1, -0.05) is 40.5 Å². The molecule has 0 radical (unpaired) electrons. The van der Waals surface area contributed by atoms with Gasteiger partial charge in [0.15, 0.2) is 0 Å². The lowest BCUT2D eigenvalue weighted by molar-refractivity contribution is -0.136. The molecule has 4 aliphatic carbocycles. The van der Waals surface area contributed by atoms with Crippen LogP contribution >= 0.6 is 23.2 Å². The Hall–Kier alpha value is -2.68. The number of hydrogen-bond donors (Lipinski definition) is 0. The van der Waals surface area contributed by atoms with Crippen LogP contribution in [0.4, 0.5) is 13.2 Å². The van der Waals surface area contributed by atoms with Crippen LogP contribution in [0.25, 0.3) is 22.2 Å². The van der Waals surface area contributed by atoms with E-state index in [0.717, 1.165) is 74.3 Å². The third-order valence-corrected chi connectivity index (χ3v) is 9.78. The first-order valence-corrected chi connectivity index (χ1v) is 14.3. The molecule has 1 aromatic carbocycles. The van der Waals surface area contributed by atoms with Crippen LogP contribution in [0.3, 0.4) is 0 Å². The minimum Gasteiger partial charge on any atom is -0.370 e. The SMILES string of the molecule is FC(F)(F)c1cccc2c(C34CCC(OCc5c(-c6c(Cl)cncc6Cl)noc5C5CC5)(CC3)CC4)ccnc12. The number of ether oxygens (including phenoxy) is 1. The smallest absolute Gasteiger partial charge is 0.370 e. The number of pyridine rings is 2. The number of para-hydroxylation sites is 1. The van der Waals surface area contributed by atoms with Crippen molar-refractivity contribution in [2.75, 3.05) is 0 Å². The van der Waals surface area contributed by atoms with Crippen molar-refractivity contribution in [3.63, 3.8) is 0 Å². The van der Waals surface area contributed by atoms with Gasteiger partial charge in [-0.3, -0.25) is 9.97 Å². The molecule has 4 aliphatic rings. The molecule has 3 aromatic heterocycles. The maximum Gasteiger partial charge on any atom is 0.418 e. The molecule has 0 atom stereocenters. The number of alkyl halides is 3. The molecule has 4 aromatic rings. The Labute approximate surface area is 239 Å². The molecule has 0 N–H and O–H groups in total. The molecule has 208 valence electrons. The first-order chi connectivity index (χ1) is 19.2. The Bertz CT molecular complexity index is 1570. The Kier molecular flexibility index (Phi) is 6.18. The van der Waals surface area contributed by atoms with Crippen LogP contribution in [0.1, 0.15) is 79.7 Å². The first-order valence-electron chi connectivity index (χ1n) is 13.6. The number of fused-ring (bicyclic) bond motifs is 4. The lowest BCUT2D eigenvalue weighted by Gasteiger charge is -2.53. The minimum atomic E-state index is -4.45. The van der Waals surface area contributed by atoms with E-state index in [0.29, 0.717) is 39.2 Å². The van der Waals surface area contributed by atoms with Gasteiger partial charge in [-0.2, -0.15) is 13.2 Å². The van der Waals surface area contributed by atoms with E-state index >= 15 is 0 Å². The topological polar surface area (TPSA) is 61.0 Å². The van der Waals surface area contributed by atoms with Gasteiger partial charge in [-0.25, -0.2) is 0 Å². The zero-order valence-electron chi connectivity index (χ0n) is 21.5. The lowest BCUT2D eigenvalue weighted by atomic mass is 9.55. The third kappa shape index (κ3) is 4.30. The Morgan fingerprint density at radius 1 is 0.975 bits per heavy atom. The molecule has 0 aliphatic heterocycles. The second kappa shape index (κ2) is 9.43. The second-order valence-corrected chi connectivity index (χ2v) is 12.3. The number of nitrogens with zero attached hydrogens (tertiary/aromatic N) is 3. The highest BCUT2D eigenvalue weighted by Crippen LogP contribution is 2.57. The molecule has 3 heterocycles. The van der Waals surface area contributed by atoms with Gasteiger partial charge in [0, 0.05) is 41.0 Å². The van der Waals surface area contributed by atoms with Crippen molar-refractivity contribution >= 4 is 34.1 Å². The van der Waals surface area contributed by atoms with Crippen LogP contribution in [0.15, 0.2) is 47.4 Å². The summed E-state index contributed by atoms with van der Waals surface area (Å²) in [5.74, 6) is 1.16. The van der Waals surface area contributed by atoms with Gasteiger partial charge in [-0.15, -0.1) is 0 Å². The van der Waals surface area contributed by atoms with Gasteiger partial charge in [0.05, 0.1) is 33.3 Å². The molecule has 8 rings (SSSR count). The predicted molar refractivity (Wildman–Crippen MR) is 145 cm³/mol. The summed E-state index contributed by atoms with van der Waals surface area (Å²) >= 11 is 12.9. The van der Waals surface area contributed by atoms with Crippen molar-refractivity contribution < 1.29 is 22.4 Å². The third-order valence-electron chi connectivity index (χ3n) is 9.20. The van der Waals surface area contributed by atoms with Crippen LogP contribution in [-0.4, -0.2) is 20.7 Å². The molecule has 0 unspecified atom stereocenters. The summed E-state index contributed by atoms with van der Waals surface area (Å²) in [5.41, 5.74) is 1.91. The number of hydrogen-bond acceptors (Lipinski definition) is 5. The molecule has 10 heteroatoms. The van der Waals surface area contributed by atoms with E-state index < -0.39 is 11.7 Å². The molecule has 5 nitrogen and oxygen atoms in total. The largest absolute Gasteiger partial charge is 0.418 e. The summed E-state index contributed by atoms with van der Waals surface area (Å²) in [6, 6.07) is 6.28. The average Bonchev–Trinajstić information content (AvgIpc) is 3.71. The van der Waals surface area contributed by atoms with Gasteiger partial charge >= 0.3 is 6.18 Å². The maximum absolute atomic E-state index is 13.7. The van der Waals surface area contributed by atoms with Gasteiger partial charge in [0.25, 0.3) is 0 Å². The highest BCUT2D eigenvalue weighted by molar-refractivity contribution is 6.38. The molecule has 2 bridgehead atoms. The van der Waals surface area contributed by atoms with E-state index in [2.05, 4.69) is 15.1 Å². The maximum atomic E-state index is 13.7. The van der Waals surface area contributed by atoms with Crippen molar-refractivity contribution in [3.05, 3.63) is 75.4 Å². The van der Waals surface area contributed by atoms with E-state index in [-0.39, 0.29) is 16.5 Å². The normalized spacial score (nSPS) is 24.6.